The number of carbonyl (C=O) groups is 2. The molecule has 0 radical (unpaired) electrons. The average molecular weight is 200 g/mol. The predicted octanol–water partition coefficient (Wildman–Crippen LogP) is -0.849. The molecule has 1 saturated heterocycles. The molecule has 0 spiro atoms. The minimum absolute atomic E-state index is 0.0247. The van der Waals surface area contributed by atoms with Crippen LogP contribution in [0.3, 0.4) is 0 Å². The molecule has 3 atom stereocenters. The third-order valence-corrected chi connectivity index (χ3v) is 2.15. The summed E-state index contributed by atoms with van der Waals surface area (Å²) in [4.78, 5) is 22.0. The number of aliphatic hydroxyl groups is 1. The van der Waals surface area contributed by atoms with Crippen LogP contribution >= 0.6 is 0 Å². The molecule has 0 bridgehead atoms. The minimum Gasteiger partial charge on any atom is -0.393 e. The fourth-order valence-corrected chi connectivity index (χ4v) is 1.61. The highest BCUT2D eigenvalue weighted by Gasteiger charge is 2.31. The van der Waals surface area contributed by atoms with Gasteiger partial charge >= 0.3 is 0 Å². The number of aliphatic hydroxyl groups excluding tert-OH is 1. The van der Waals surface area contributed by atoms with Crippen LogP contribution < -0.4 is 10.6 Å². The summed E-state index contributed by atoms with van der Waals surface area (Å²) < 4.78 is 0. The average Bonchev–Trinajstić information content (AvgIpc) is 2.28. The topological polar surface area (TPSA) is 78.4 Å². The van der Waals surface area contributed by atoms with Crippen LogP contribution in [0.25, 0.3) is 0 Å². The summed E-state index contributed by atoms with van der Waals surface area (Å²) in [6.07, 6.45) is 0.360. The van der Waals surface area contributed by atoms with Gasteiger partial charge in [0.1, 0.15) is 0 Å². The first kappa shape index (κ1) is 11.1. The summed E-state index contributed by atoms with van der Waals surface area (Å²) in [5, 5.41) is 14.3. The maximum atomic E-state index is 11.1. The van der Waals surface area contributed by atoms with Gasteiger partial charge in [-0.2, -0.15) is 0 Å². The van der Waals surface area contributed by atoms with Crippen LogP contribution in [0.1, 0.15) is 26.7 Å². The van der Waals surface area contributed by atoms with Crippen LogP contribution in [0.15, 0.2) is 0 Å². The Labute approximate surface area is 82.9 Å². The van der Waals surface area contributed by atoms with Gasteiger partial charge in [-0.1, -0.05) is 0 Å². The number of amides is 2. The second-order valence-corrected chi connectivity index (χ2v) is 3.82. The summed E-state index contributed by atoms with van der Waals surface area (Å²) in [5.74, 6) is -0.510. The van der Waals surface area contributed by atoms with Crippen molar-refractivity contribution >= 4 is 11.8 Å². The molecule has 1 aliphatic rings. The highest BCUT2D eigenvalue weighted by Crippen LogP contribution is 2.05. The van der Waals surface area contributed by atoms with E-state index in [0.717, 1.165) is 0 Å². The zero-order valence-electron chi connectivity index (χ0n) is 8.41. The zero-order chi connectivity index (χ0) is 10.7. The normalized spacial score (nSPS) is 26.1. The maximum absolute atomic E-state index is 11.1. The van der Waals surface area contributed by atoms with Crippen LogP contribution in [-0.2, 0) is 9.59 Å². The Balaban J connectivity index is 2.37. The van der Waals surface area contributed by atoms with Gasteiger partial charge in [-0.3, -0.25) is 14.9 Å². The van der Waals surface area contributed by atoms with Crippen LogP contribution in [0, 0.1) is 0 Å². The Morgan fingerprint density at radius 3 is 2.64 bits per heavy atom. The molecule has 5 heteroatoms. The van der Waals surface area contributed by atoms with Crippen molar-refractivity contribution in [3.8, 4) is 0 Å². The molecular weight excluding hydrogens is 184 g/mol. The summed E-state index contributed by atoms with van der Waals surface area (Å²) in [6, 6.07) is -0.409. The van der Waals surface area contributed by atoms with Crippen molar-refractivity contribution in [2.75, 3.05) is 0 Å². The van der Waals surface area contributed by atoms with E-state index >= 15 is 0 Å². The largest absolute Gasteiger partial charge is 0.393 e. The van der Waals surface area contributed by atoms with Crippen molar-refractivity contribution in [2.45, 2.75) is 44.9 Å². The van der Waals surface area contributed by atoms with Gasteiger partial charge in [0, 0.05) is 6.04 Å². The van der Waals surface area contributed by atoms with Gasteiger partial charge in [0.05, 0.1) is 18.6 Å². The number of rotatable bonds is 4. The van der Waals surface area contributed by atoms with Gasteiger partial charge in [0.2, 0.25) is 11.8 Å². The predicted molar refractivity (Wildman–Crippen MR) is 50.5 cm³/mol. The Morgan fingerprint density at radius 2 is 2.21 bits per heavy atom. The first-order chi connectivity index (χ1) is 6.49. The van der Waals surface area contributed by atoms with E-state index in [1.165, 1.54) is 0 Å². The van der Waals surface area contributed by atoms with Gasteiger partial charge in [-0.15, -0.1) is 0 Å². The summed E-state index contributed by atoms with van der Waals surface area (Å²) >= 11 is 0. The van der Waals surface area contributed by atoms with Crippen molar-refractivity contribution in [3.63, 3.8) is 0 Å². The molecule has 3 N–H and O–H groups in total. The number of hydrogen-bond donors (Lipinski definition) is 3. The lowest BCUT2D eigenvalue weighted by Gasteiger charge is -2.18. The lowest BCUT2D eigenvalue weighted by molar-refractivity contribution is -0.125. The second kappa shape index (κ2) is 4.52. The van der Waals surface area contributed by atoms with Gasteiger partial charge in [-0.05, 0) is 20.3 Å². The summed E-state index contributed by atoms with van der Waals surface area (Å²) in [7, 11) is 0. The van der Waals surface area contributed by atoms with Crippen molar-refractivity contribution in [1.29, 1.82) is 0 Å². The number of imide groups is 1. The van der Waals surface area contributed by atoms with E-state index in [0.29, 0.717) is 6.42 Å². The lowest BCUT2D eigenvalue weighted by Crippen LogP contribution is -2.42. The molecule has 1 heterocycles. The Bertz CT molecular complexity index is 240. The molecule has 2 amide bonds. The van der Waals surface area contributed by atoms with E-state index in [2.05, 4.69) is 10.6 Å². The van der Waals surface area contributed by atoms with Gasteiger partial charge in [-0.25, -0.2) is 0 Å². The number of carbonyl (C=O) groups excluding carboxylic acids is 2. The van der Waals surface area contributed by atoms with E-state index in [9.17, 15) is 9.59 Å². The molecule has 0 aliphatic carbocycles. The van der Waals surface area contributed by atoms with Crippen molar-refractivity contribution in [3.05, 3.63) is 0 Å². The standard InChI is InChI=1S/C9H16N2O3/c1-5(3-6(2)12)10-7-4-8(13)11-9(7)14/h5-7,10,12H,3-4H2,1-2H3,(H,11,13,14). The first-order valence-electron chi connectivity index (χ1n) is 4.77. The SMILES string of the molecule is CC(O)CC(C)NC1CC(=O)NC1=O. The first-order valence-corrected chi connectivity index (χ1v) is 4.77. The quantitative estimate of drug-likeness (QED) is 0.517. The van der Waals surface area contributed by atoms with E-state index < -0.39 is 12.1 Å². The highest BCUT2D eigenvalue weighted by atomic mass is 16.3. The summed E-state index contributed by atoms with van der Waals surface area (Å²) in [6.45, 7) is 3.57. The van der Waals surface area contributed by atoms with Crippen molar-refractivity contribution in [1.82, 2.24) is 10.6 Å². The van der Waals surface area contributed by atoms with E-state index in [1.54, 1.807) is 6.92 Å². The lowest BCUT2D eigenvalue weighted by atomic mass is 10.1. The Kier molecular flexibility index (Phi) is 3.60. The summed E-state index contributed by atoms with van der Waals surface area (Å²) in [5.41, 5.74) is 0. The van der Waals surface area contributed by atoms with Crippen LogP contribution in [0.5, 0.6) is 0 Å². The molecule has 1 fully saturated rings. The smallest absolute Gasteiger partial charge is 0.244 e. The molecule has 0 aromatic heterocycles. The molecule has 80 valence electrons. The van der Waals surface area contributed by atoms with E-state index in [4.69, 9.17) is 5.11 Å². The van der Waals surface area contributed by atoms with E-state index in [-0.39, 0.29) is 24.3 Å². The van der Waals surface area contributed by atoms with Crippen LogP contribution in [0.4, 0.5) is 0 Å². The second-order valence-electron chi connectivity index (χ2n) is 3.82. The molecule has 14 heavy (non-hydrogen) atoms. The molecule has 0 saturated carbocycles. The Hall–Kier alpha value is -0.940. The molecule has 3 unspecified atom stereocenters. The van der Waals surface area contributed by atoms with Crippen LogP contribution in [-0.4, -0.2) is 35.1 Å². The molecule has 1 aliphatic heterocycles. The molecule has 1 rings (SSSR count). The van der Waals surface area contributed by atoms with Crippen molar-refractivity contribution < 1.29 is 14.7 Å². The van der Waals surface area contributed by atoms with E-state index in [1.807, 2.05) is 6.92 Å². The molecular formula is C9H16N2O3. The van der Waals surface area contributed by atoms with Gasteiger partial charge < -0.3 is 10.4 Å². The maximum Gasteiger partial charge on any atom is 0.244 e. The number of nitrogens with one attached hydrogen (secondary N) is 2. The Morgan fingerprint density at radius 1 is 1.57 bits per heavy atom. The zero-order valence-corrected chi connectivity index (χ0v) is 8.41. The third kappa shape index (κ3) is 3.08. The minimum atomic E-state index is -0.434. The molecule has 5 nitrogen and oxygen atoms in total. The van der Waals surface area contributed by atoms with Gasteiger partial charge in [0.25, 0.3) is 0 Å². The number of hydrogen-bond acceptors (Lipinski definition) is 4. The van der Waals surface area contributed by atoms with Gasteiger partial charge in [0.15, 0.2) is 0 Å². The van der Waals surface area contributed by atoms with Crippen LogP contribution in [0.2, 0.25) is 0 Å². The molecule has 0 aromatic rings. The fourth-order valence-electron chi connectivity index (χ4n) is 1.61. The highest BCUT2D eigenvalue weighted by molar-refractivity contribution is 6.05. The van der Waals surface area contributed by atoms with Crippen molar-refractivity contribution in [2.24, 2.45) is 0 Å². The molecule has 0 aromatic carbocycles. The monoisotopic (exact) mass is 200 g/mol. The fraction of sp³-hybridized carbons (Fsp3) is 0.778. The third-order valence-electron chi connectivity index (χ3n) is 2.15.